The number of hydrogen-bond donors (Lipinski definition) is 0. The zero-order chi connectivity index (χ0) is 18.4. The number of benzene rings is 3. The first-order valence-electron chi connectivity index (χ1n) is 7.71. The molecule has 3 aromatic rings. The Kier molecular flexibility index (Phi) is 5.17. The minimum absolute atomic E-state index is 0.371. The molecule has 0 saturated heterocycles. The molecule has 3 aromatic carbocycles. The Bertz CT molecular complexity index is 1020. The van der Waals surface area contributed by atoms with Crippen molar-refractivity contribution < 1.29 is 14.2 Å². The van der Waals surface area contributed by atoms with Crippen LogP contribution in [0.25, 0.3) is 0 Å². The van der Waals surface area contributed by atoms with Crippen LogP contribution in [0.2, 0.25) is 0 Å². The van der Waals surface area contributed by atoms with Crippen LogP contribution in [0.5, 0.6) is 0 Å². The number of isocyanates is 2. The Labute approximate surface area is 150 Å². The van der Waals surface area contributed by atoms with Crippen molar-refractivity contribution in [2.45, 2.75) is 0 Å². The summed E-state index contributed by atoms with van der Waals surface area (Å²) in [6.45, 7) is 0. The highest BCUT2D eigenvalue weighted by molar-refractivity contribution is 7.85. The van der Waals surface area contributed by atoms with Crippen molar-refractivity contribution in [3.05, 3.63) is 78.9 Å². The highest BCUT2D eigenvalue weighted by atomic mass is 31.2. The van der Waals surface area contributed by atoms with E-state index in [0.29, 0.717) is 27.3 Å². The van der Waals surface area contributed by atoms with Gasteiger partial charge in [-0.2, -0.15) is 9.98 Å². The third-order valence-corrected chi connectivity index (χ3v) is 6.89. The van der Waals surface area contributed by atoms with Crippen LogP contribution in [-0.4, -0.2) is 12.2 Å². The van der Waals surface area contributed by atoms with Crippen LogP contribution in [-0.2, 0) is 14.2 Å². The van der Waals surface area contributed by atoms with E-state index in [-0.39, 0.29) is 0 Å². The summed E-state index contributed by atoms with van der Waals surface area (Å²) in [6.07, 6.45) is 2.99. The molecule has 0 fully saturated rings. The van der Waals surface area contributed by atoms with Gasteiger partial charge in [-0.25, -0.2) is 9.59 Å². The van der Waals surface area contributed by atoms with E-state index in [1.54, 1.807) is 60.7 Å². The second-order valence-corrected chi connectivity index (χ2v) is 8.16. The Morgan fingerprint density at radius 1 is 0.615 bits per heavy atom. The molecule has 0 spiro atoms. The molecule has 3 rings (SSSR count). The average molecular weight is 360 g/mol. The van der Waals surface area contributed by atoms with Crippen molar-refractivity contribution in [2.75, 3.05) is 0 Å². The minimum atomic E-state index is -3.26. The number of rotatable bonds is 5. The molecule has 6 heteroatoms. The summed E-state index contributed by atoms with van der Waals surface area (Å²) in [7, 11) is -3.26. The predicted molar refractivity (Wildman–Crippen MR) is 101 cm³/mol. The summed E-state index contributed by atoms with van der Waals surface area (Å²) >= 11 is 0. The highest BCUT2D eigenvalue weighted by Gasteiger charge is 2.30. The van der Waals surface area contributed by atoms with Gasteiger partial charge in [0.1, 0.15) is 0 Å². The molecule has 0 heterocycles. The molecule has 0 aromatic heterocycles. The zero-order valence-electron chi connectivity index (χ0n) is 13.6. The molecule has 0 atom stereocenters. The number of hydrogen-bond acceptors (Lipinski definition) is 5. The maximum absolute atomic E-state index is 14.3. The second kappa shape index (κ2) is 7.69. The van der Waals surface area contributed by atoms with E-state index in [1.807, 2.05) is 18.2 Å². The number of nitrogens with zero attached hydrogens (tertiary/aromatic N) is 2. The SMILES string of the molecule is O=C=Nc1cccc(P(=O)(c2ccccc2)c2cccc(N=C=O)c2)c1. The van der Waals surface area contributed by atoms with Crippen LogP contribution in [0, 0.1) is 0 Å². The fourth-order valence-electron chi connectivity index (χ4n) is 2.71. The summed E-state index contributed by atoms with van der Waals surface area (Å²) in [6, 6.07) is 22.3. The third-order valence-electron chi connectivity index (χ3n) is 3.86. The molecule has 26 heavy (non-hydrogen) atoms. The fourth-order valence-corrected chi connectivity index (χ4v) is 5.41. The van der Waals surface area contributed by atoms with Gasteiger partial charge >= 0.3 is 0 Å². The van der Waals surface area contributed by atoms with Gasteiger partial charge in [0.15, 0.2) is 7.14 Å². The lowest BCUT2D eigenvalue weighted by Gasteiger charge is -2.20. The molecule has 0 bridgehead atoms. The van der Waals surface area contributed by atoms with E-state index in [2.05, 4.69) is 9.98 Å². The first-order valence-corrected chi connectivity index (χ1v) is 9.42. The van der Waals surface area contributed by atoms with E-state index in [0.717, 1.165) is 0 Å². The van der Waals surface area contributed by atoms with Crippen molar-refractivity contribution in [3.8, 4) is 0 Å². The van der Waals surface area contributed by atoms with Crippen LogP contribution < -0.4 is 15.9 Å². The molecule has 0 aliphatic heterocycles. The number of carbonyl (C=O) groups excluding carboxylic acids is 2. The largest absolute Gasteiger partial charge is 0.309 e. The average Bonchev–Trinajstić information content (AvgIpc) is 2.69. The van der Waals surface area contributed by atoms with Crippen molar-refractivity contribution >= 4 is 46.6 Å². The predicted octanol–water partition coefficient (Wildman–Crippen LogP) is 3.26. The third kappa shape index (κ3) is 3.37. The zero-order valence-corrected chi connectivity index (χ0v) is 14.5. The van der Waals surface area contributed by atoms with E-state index < -0.39 is 7.14 Å². The van der Waals surface area contributed by atoms with Crippen LogP contribution >= 0.6 is 7.14 Å². The van der Waals surface area contributed by atoms with Gasteiger partial charge in [-0.05, 0) is 24.3 Å². The summed E-state index contributed by atoms with van der Waals surface area (Å²) in [5.74, 6) is 0. The van der Waals surface area contributed by atoms with E-state index in [1.165, 1.54) is 12.2 Å². The van der Waals surface area contributed by atoms with Crippen molar-refractivity contribution in [2.24, 2.45) is 9.98 Å². The van der Waals surface area contributed by atoms with E-state index in [4.69, 9.17) is 0 Å². The van der Waals surface area contributed by atoms with Crippen molar-refractivity contribution in [1.29, 1.82) is 0 Å². The summed E-state index contributed by atoms with van der Waals surface area (Å²) in [4.78, 5) is 28.4. The molecule has 0 saturated carbocycles. The monoisotopic (exact) mass is 360 g/mol. The maximum Gasteiger partial charge on any atom is 0.240 e. The van der Waals surface area contributed by atoms with Gasteiger partial charge < -0.3 is 4.57 Å². The molecule has 0 unspecified atom stereocenters. The van der Waals surface area contributed by atoms with Gasteiger partial charge in [0.25, 0.3) is 0 Å². The Morgan fingerprint density at radius 3 is 1.54 bits per heavy atom. The summed E-state index contributed by atoms with van der Waals surface area (Å²) in [5, 5.41) is 1.67. The maximum atomic E-state index is 14.3. The molecule has 0 aliphatic carbocycles. The molecule has 0 aliphatic rings. The first kappa shape index (κ1) is 17.5. The lowest BCUT2D eigenvalue weighted by molar-refractivity contribution is 0.564. The topological polar surface area (TPSA) is 75.9 Å². The Morgan fingerprint density at radius 2 is 1.08 bits per heavy atom. The molecule has 0 N–H and O–H groups in total. The lowest BCUT2D eigenvalue weighted by Crippen LogP contribution is -2.24. The van der Waals surface area contributed by atoms with E-state index >= 15 is 0 Å². The molecule has 5 nitrogen and oxygen atoms in total. The van der Waals surface area contributed by atoms with Crippen LogP contribution in [0.1, 0.15) is 0 Å². The minimum Gasteiger partial charge on any atom is -0.309 e. The fraction of sp³-hybridized carbons (Fsp3) is 0. The standard InChI is InChI=1S/C20H13N2O3P/c23-14-21-16-6-4-10-19(12-16)26(25,18-8-2-1-3-9-18)20-11-5-7-17(13-20)22-15-24/h1-13H. The summed E-state index contributed by atoms with van der Waals surface area (Å²) in [5.41, 5.74) is 0.742. The quantitative estimate of drug-likeness (QED) is 0.398. The van der Waals surface area contributed by atoms with Crippen LogP contribution in [0.4, 0.5) is 11.4 Å². The van der Waals surface area contributed by atoms with Gasteiger partial charge in [-0.1, -0.05) is 54.6 Å². The van der Waals surface area contributed by atoms with Crippen LogP contribution in [0.3, 0.4) is 0 Å². The molecule has 126 valence electrons. The second-order valence-electron chi connectivity index (χ2n) is 5.39. The molecule has 0 amide bonds. The molecular weight excluding hydrogens is 347 g/mol. The highest BCUT2D eigenvalue weighted by Crippen LogP contribution is 2.43. The van der Waals surface area contributed by atoms with Crippen molar-refractivity contribution in [3.63, 3.8) is 0 Å². The van der Waals surface area contributed by atoms with Gasteiger partial charge in [-0.3, -0.25) is 0 Å². The first-order chi connectivity index (χ1) is 12.7. The smallest absolute Gasteiger partial charge is 0.240 e. The van der Waals surface area contributed by atoms with Gasteiger partial charge in [-0.15, -0.1) is 0 Å². The molecule has 0 radical (unpaired) electrons. The van der Waals surface area contributed by atoms with Gasteiger partial charge in [0, 0.05) is 15.9 Å². The normalized spacial score (nSPS) is 12.3. The Hall–Kier alpha value is -3.35. The van der Waals surface area contributed by atoms with E-state index in [9.17, 15) is 14.2 Å². The van der Waals surface area contributed by atoms with Gasteiger partial charge in [0.05, 0.1) is 11.4 Å². The summed E-state index contributed by atoms with van der Waals surface area (Å²) < 4.78 is 14.3. The van der Waals surface area contributed by atoms with Crippen LogP contribution in [0.15, 0.2) is 88.8 Å². The van der Waals surface area contributed by atoms with Gasteiger partial charge in [0.2, 0.25) is 12.2 Å². The lowest BCUT2D eigenvalue weighted by atomic mass is 10.3. The number of aliphatic imine (C=N–C) groups is 2. The van der Waals surface area contributed by atoms with Crippen molar-refractivity contribution in [1.82, 2.24) is 0 Å². The molecular formula is C20H13N2O3P. The Balaban J connectivity index is 2.30.